The lowest BCUT2D eigenvalue weighted by Gasteiger charge is -2.39. The molecule has 7 rings (SSSR count). The predicted molar refractivity (Wildman–Crippen MR) is 226 cm³/mol. The van der Waals surface area contributed by atoms with Crippen LogP contribution in [0.5, 0.6) is 0 Å². The van der Waals surface area contributed by atoms with E-state index in [4.69, 9.17) is 11.6 Å². The molecule has 2 fully saturated rings. The standard InChI is InChI=1S/C44H51ClN8O5/c1-50-22-24-51(25-23-50)19-14-40(54)49-34-10-11-35-39(28-34)48-30-53(43(35)57)29-44(58)15-20-52(21-16-44)42(56)33(26-31-6-3-2-4-7-31)8-5-17-47-41(55)32-9-12-38-36(27-32)37(45)13-18-46-38/h2-4,6-7,9-13,18,27-28,30,33,58H,5,8,14-17,19-26,29H2,1H3,(H,47,55)(H,49,54). The number of anilines is 1. The third kappa shape index (κ3) is 10.3. The molecule has 0 spiro atoms. The largest absolute Gasteiger partial charge is 0.388 e. The van der Waals surface area contributed by atoms with Gasteiger partial charge < -0.3 is 30.4 Å². The number of piperazine rings is 1. The van der Waals surface area contributed by atoms with Crippen LogP contribution >= 0.6 is 11.6 Å². The molecule has 3 aromatic carbocycles. The molecule has 2 aliphatic heterocycles. The van der Waals surface area contributed by atoms with Crippen LogP contribution in [0, 0.1) is 5.92 Å². The number of carbonyl (C=O) groups excluding carboxylic acids is 3. The van der Waals surface area contributed by atoms with E-state index in [1.807, 2.05) is 35.2 Å². The first-order valence-corrected chi connectivity index (χ1v) is 20.5. The van der Waals surface area contributed by atoms with Gasteiger partial charge in [-0.2, -0.15) is 0 Å². The maximum atomic E-state index is 14.0. The fourth-order valence-corrected chi connectivity index (χ4v) is 8.11. The molecule has 0 aliphatic carbocycles. The second kappa shape index (κ2) is 18.6. The number of nitrogens with zero attached hydrogens (tertiary/aromatic N) is 6. The van der Waals surface area contributed by atoms with Crippen LogP contribution in [0.1, 0.15) is 48.0 Å². The number of nitrogens with one attached hydrogen (secondary N) is 2. The van der Waals surface area contributed by atoms with Crippen molar-refractivity contribution in [2.24, 2.45) is 5.92 Å². The Bertz CT molecular complexity index is 2300. The number of aliphatic hydroxyl groups is 1. The van der Waals surface area contributed by atoms with Crippen molar-refractivity contribution in [3.05, 3.63) is 112 Å². The summed E-state index contributed by atoms with van der Waals surface area (Å²) in [4.78, 5) is 68.4. The van der Waals surface area contributed by atoms with Crippen LogP contribution in [0.3, 0.4) is 0 Å². The topological polar surface area (TPSA) is 153 Å². The summed E-state index contributed by atoms with van der Waals surface area (Å²) in [5.74, 6) is -0.601. The number of pyridine rings is 1. The second-order valence-corrected chi connectivity index (χ2v) is 16.1. The summed E-state index contributed by atoms with van der Waals surface area (Å²) >= 11 is 6.32. The molecular weight excluding hydrogens is 756 g/mol. The minimum Gasteiger partial charge on any atom is -0.388 e. The molecule has 1 unspecified atom stereocenters. The van der Waals surface area contributed by atoms with E-state index in [1.165, 1.54) is 10.9 Å². The van der Waals surface area contributed by atoms with E-state index in [2.05, 4.69) is 37.4 Å². The molecule has 3 amide bonds. The minimum absolute atomic E-state index is 0.0145. The quantitative estimate of drug-likeness (QED) is 0.137. The highest BCUT2D eigenvalue weighted by Crippen LogP contribution is 2.28. The maximum absolute atomic E-state index is 14.0. The van der Waals surface area contributed by atoms with Crippen molar-refractivity contribution in [3.8, 4) is 0 Å². The Morgan fingerprint density at radius 1 is 0.897 bits per heavy atom. The lowest BCUT2D eigenvalue weighted by Crippen LogP contribution is -2.51. The van der Waals surface area contributed by atoms with Gasteiger partial charge >= 0.3 is 0 Å². The van der Waals surface area contributed by atoms with Crippen LogP contribution in [0.2, 0.25) is 5.02 Å². The van der Waals surface area contributed by atoms with E-state index in [9.17, 15) is 24.3 Å². The molecule has 14 heteroatoms. The Labute approximate surface area is 343 Å². The first-order valence-electron chi connectivity index (χ1n) is 20.1. The van der Waals surface area contributed by atoms with E-state index in [0.29, 0.717) is 103 Å². The molecule has 2 aliphatic rings. The number of likely N-dealkylation sites (N-methyl/N-ethyl adjacent to an activating group) is 1. The van der Waals surface area contributed by atoms with Crippen LogP contribution in [-0.2, 0) is 22.6 Å². The molecule has 3 N–H and O–H groups in total. The third-order valence-corrected chi connectivity index (χ3v) is 11.8. The van der Waals surface area contributed by atoms with E-state index in [1.54, 1.807) is 48.7 Å². The summed E-state index contributed by atoms with van der Waals surface area (Å²) in [6, 6.07) is 21.9. The van der Waals surface area contributed by atoms with Crippen molar-refractivity contribution in [1.82, 2.24) is 34.6 Å². The van der Waals surface area contributed by atoms with Crippen LogP contribution in [0.4, 0.5) is 5.69 Å². The van der Waals surface area contributed by atoms with Crippen LogP contribution < -0.4 is 16.2 Å². The van der Waals surface area contributed by atoms with Crippen molar-refractivity contribution in [2.75, 3.05) is 64.7 Å². The SMILES string of the molecule is CN1CCN(CCC(=O)Nc2ccc3c(=O)n(CC4(O)CCN(C(=O)C(CCCNC(=O)c5ccc6nccc(Cl)c6c5)Cc5ccccc5)CC4)cnc3c2)CC1. The molecule has 304 valence electrons. The second-order valence-electron chi connectivity index (χ2n) is 15.7. The van der Waals surface area contributed by atoms with Gasteiger partial charge in [0, 0.05) is 87.5 Å². The van der Waals surface area contributed by atoms with E-state index in [0.717, 1.165) is 31.7 Å². The number of rotatable bonds is 14. The Morgan fingerprint density at radius 2 is 1.67 bits per heavy atom. The number of fused-ring (bicyclic) bond motifs is 2. The zero-order valence-electron chi connectivity index (χ0n) is 32.9. The van der Waals surface area contributed by atoms with Crippen molar-refractivity contribution >= 4 is 56.8 Å². The van der Waals surface area contributed by atoms with E-state index >= 15 is 0 Å². The summed E-state index contributed by atoms with van der Waals surface area (Å²) in [5.41, 5.74) is 1.83. The number of likely N-dealkylation sites (tertiary alicyclic amines) is 1. The van der Waals surface area contributed by atoms with Gasteiger partial charge in [0.05, 0.1) is 39.9 Å². The molecule has 0 saturated carbocycles. The highest BCUT2D eigenvalue weighted by Gasteiger charge is 2.36. The molecule has 5 aromatic rings. The van der Waals surface area contributed by atoms with E-state index in [-0.39, 0.29) is 35.7 Å². The van der Waals surface area contributed by atoms with Gasteiger partial charge in [-0.3, -0.25) is 28.7 Å². The van der Waals surface area contributed by atoms with Gasteiger partial charge in [0.1, 0.15) is 0 Å². The van der Waals surface area contributed by atoms with Gasteiger partial charge in [0.15, 0.2) is 0 Å². The number of aromatic nitrogens is 3. The van der Waals surface area contributed by atoms with Gasteiger partial charge in [0.2, 0.25) is 11.8 Å². The van der Waals surface area contributed by atoms with Crippen molar-refractivity contribution in [3.63, 3.8) is 0 Å². The van der Waals surface area contributed by atoms with Crippen LogP contribution in [0.25, 0.3) is 21.8 Å². The highest BCUT2D eigenvalue weighted by atomic mass is 35.5. The van der Waals surface area contributed by atoms with E-state index < -0.39 is 5.60 Å². The van der Waals surface area contributed by atoms with Gasteiger partial charge in [-0.1, -0.05) is 41.9 Å². The van der Waals surface area contributed by atoms with Gasteiger partial charge in [0.25, 0.3) is 11.5 Å². The fourth-order valence-electron chi connectivity index (χ4n) is 7.90. The summed E-state index contributed by atoms with van der Waals surface area (Å²) < 4.78 is 1.43. The van der Waals surface area contributed by atoms with Crippen LogP contribution in [0.15, 0.2) is 90.1 Å². The zero-order valence-corrected chi connectivity index (χ0v) is 33.7. The average Bonchev–Trinajstić information content (AvgIpc) is 3.23. The number of amides is 3. The Balaban J connectivity index is 0.922. The molecular formula is C44H51ClN8O5. The molecule has 13 nitrogen and oxygen atoms in total. The lowest BCUT2D eigenvalue weighted by molar-refractivity contribution is -0.140. The Morgan fingerprint density at radius 3 is 2.45 bits per heavy atom. The monoisotopic (exact) mass is 806 g/mol. The first kappa shape index (κ1) is 41.0. The molecule has 2 saturated heterocycles. The lowest BCUT2D eigenvalue weighted by atomic mass is 9.88. The number of piperidine rings is 1. The number of hydrogen-bond donors (Lipinski definition) is 3. The number of carbonyl (C=O) groups is 3. The average molecular weight is 807 g/mol. The van der Waals surface area contributed by atoms with Gasteiger partial charge in [-0.15, -0.1) is 0 Å². The summed E-state index contributed by atoms with van der Waals surface area (Å²) in [6.07, 6.45) is 5.81. The van der Waals surface area contributed by atoms with Crippen molar-refractivity contribution < 1.29 is 19.5 Å². The van der Waals surface area contributed by atoms with Gasteiger partial charge in [-0.05, 0) is 87.2 Å². The Hall–Kier alpha value is -5.21. The summed E-state index contributed by atoms with van der Waals surface area (Å²) in [6.45, 7) is 5.74. The molecule has 1 atom stereocenters. The van der Waals surface area contributed by atoms with Crippen LogP contribution in [-0.4, -0.2) is 117 Å². The number of hydrogen-bond acceptors (Lipinski definition) is 9. The molecule has 2 aromatic heterocycles. The number of halogens is 1. The minimum atomic E-state index is -1.20. The smallest absolute Gasteiger partial charge is 0.261 e. The molecule has 0 bridgehead atoms. The molecule has 0 radical (unpaired) electrons. The van der Waals surface area contributed by atoms with Crippen molar-refractivity contribution in [2.45, 2.75) is 50.7 Å². The molecule has 4 heterocycles. The third-order valence-electron chi connectivity index (χ3n) is 11.5. The zero-order chi connectivity index (χ0) is 40.6. The number of benzene rings is 3. The first-order chi connectivity index (χ1) is 28.0. The maximum Gasteiger partial charge on any atom is 0.261 e. The Kier molecular flexibility index (Phi) is 13.1. The predicted octanol–water partition coefficient (Wildman–Crippen LogP) is 4.60. The molecule has 58 heavy (non-hydrogen) atoms. The summed E-state index contributed by atoms with van der Waals surface area (Å²) in [5, 5.41) is 19.2. The summed E-state index contributed by atoms with van der Waals surface area (Å²) in [7, 11) is 2.10. The van der Waals surface area contributed by atoms with Crippen molar-refractivity contribution in [1.29, 1.82) is 0 Å². The normalized spacial score (nSPS) is 16.6. The fraction of sp³-hybridized carbons (Fsp3) is 0.409. The van der Waals surface area contributed by atoms with Gasteiger partial charge in [-0.25, -0.2) is 4.98 Å². The highest BCUT2D eigenvalue weighted by molar-refractivity contribution is 6.35.